The number of amides is 2. The largest absolute Gasteiger partial charge is 0.324 e. The van der Waals surface area contributed by atoms with E-state index in [4.69, 9.17) is 0 Å². The molecule has 96 valence electrons. The lowest BCUT2D eigenvalue weighted by atomic mass is 10.0. The molecule has 2 rings (SSSR count). The van der Waals surface area contributed by atoms with Crippen LogP contribution < -0.4 is 5.32 Å². The monoisotopic (exact) mass is 246 g/mol. The quantitative estimate of drug-likeness (QED) is 0.763. The highest BCUT2D eigenvalue weighted by Crippen LogP contribution is 2.28. The first-order valence-corrected chi connectivity index (χ1v) is 6.06. The second kappa shape index (κ2) is 4.12. The molecule has 4 heteroatoms. The van der Waals surface area contributed by atoms with Gasteiger partial charge in [0.05, 0.1) is 11.3 Å². The van der Waals surface area contributed by atoms with Gasteiger partial charge in [0.15, 0.2) is 0 Å². The molecule has 1 aromatic carbocycles. The van der Waals surface area contributed by atoms with Gasteiger partial charge < -0.3 is 10.2 Å². The van der Waals surface area contributed by atoms with Crippen LogP contribution in [0.5, 0.6) is 0 Å². The number of carbonyl (C=O) groups excluding carboxylic acids is 2. The van der Waals surface area contributed by atoms with Crippen molar-refractivity contribution in [1.29, 1.82) is 0 Å². The normalized spacial score (nSPS) is 20.2. The zero-order valence-electron chi connectivity index (χ0n) is 11.2. The predicted molar refractivity (Wildman–Crippen MR) is 70.5 cm³/mol. The van der Waals surface area contributed by atoms with Crippen molar-refractivity contribution >= 4 is 17.5 Å². The summed E-state index contributed by atoms with van der Waals surface area (Å²) in [4.78, 5) is 26.3. The molecule has 1 atom stereocenters. The van der Waals surface area contributed by atoms with Crippen LogP contribution in [0.3, 0.4) is 0 Å². The van der Waals surface area contributed by atoms with E-state index in [1.165, 1.54) is 0 Å². The summed E-state index contributed by atoms with van der Waals surface area (Å²) in [5, 5.41) is 2.80. The third-order valence-electron chi connectivity index (χ3n) is 3.12. The molecule has 1 aromatic rings. The standard InChI is InChI=1S/C14H18N2O2/c1-9-12(17)15-11-8-6-5-7-10(11)13(18)16(9)14(2,3)4/h5-9H,1-4H3,(H,15,17). The first-order chi connectivity index (χ1) is 8.32. The van der Waals surface area contributed by atoms with Gasteiger partial charge in [-0.3, -0.25) is 9.59 Å². The number of para-hydroxylation sites is 1. The second-order valence-corrected chi connectivity index (χ2v) is 5.56. The molecular weight excluding hydrogens is 228 g/mol. The van der Waals surface area contributed by atoms with Crippen LogP contribution in [0.4, 0.5) is 5.69 Å². The van der Waals surface area contributed by atoms with E-state index >= 15 is 0 Å². The average molecular weight is 246 g/mol. The Balaban J connectivity index is 2.57. The molecule has 0 aliphatic carbocycles. The summed E-state index contributed by atoms with van der Waals surface area (Å²) in [6.07, 6.45) is 0. The summed E-state index contributed by atoms with van der Waals surface area (Å²) < 4.78 is 0. The number of fused-ring (bicyclic) bond motifs is 1. The van der Waals surface area contributed by atoms with Crippen LogP contribution in [0.25, 0.3) is 0 Å². The summed E-state index contributed by atoms with van der Waals surface area (Å²) in [7, 11) is 0. The van der Waals surface area contributed by atoms with Crippen LogP contribution in [0.2, 0.25) is 0 Å². The van der Waals surface area contributed by atoms with Crippen molar-refractivity contribution in [3.8, 4) is 0 Å². The van der Waals surface area contributed by atoms with Crippen LogP contribution in [0.1, 0.15) is 38.1 Å². The second-order valence-electron chi connectivity index (χ2n) is 5.56. The highest BCUT2D eigenvalue weighted by molar-refractivity contribution is 6.09. The Morgan fingerprint density at radius 1 is 1.17 bits per heavy atom. The van der Waals surface area contributed by atoms with Crippen LogP contribution >= 0.6 is 0 Å². The number of benzene rings is 1. The van der Waals surface area contributed by atoms with Crippen molar-refractivity contribution in [2.75, 3.05) is 5.32 Å². The SMILES string of the molecule is CC1C(=O)Nc2ccccc2C(=O)N1C(C)(C)C. The fourth-order valence-electron chi connectivity index (χ4n) is 2.32. The summed E-state index contributed by atoms with van der Waals surface area (Å²) in [5.41, 5.74) is 0.738. The first kappa shape index (κ1) is 12.6. The number of rotatable bonds is 0. The smallest absolute Gasteiger partial charge is 0.257 e. The van der Waals surface area contributed by atoms with Crippen molar-refractivity contribution in [2.24, 2.45) is 0 Å². The fourth-order valence-corrected chi connectivity index (χ4v) is 2.32. The van der Waals surface area contributed by atoms with Gasteiger partial charge in [0.2, 0.25) is 5.91 Å². The third kappa shape index (κ3) is 1.98. The van der Waals surface area contributed by atoms with Gasteiger partial charge in [-0.05, 0) is 39.8 Å². The molecule has 0 saturated carbocycles. The van der Waals surface area contributed by atoms with Gasteiger partial charge in [-0.2, -0.15) is 0 Å². The van der Waals surface area contributed by atoms with Crippen molar-refractivity contribution in [1.82, 2.24) is 4.90 Å². The Morgan fingerprint density at radius 3 is 2.39 bits per heavy atom. The molecule has 1 heterocycles. The topological polar surface area (TPSA) is 49.4 Å². The highest BCUT2D eigenvalue weighted by atomic mass is 16.2. The number of nitrogens with one attached hydrogen (secondary N) is 1. The van der Waals surface area contributed by atoms with Gasteiger partial charge in [0.1, 0.15) is 6.04 Å². The number of carbonyl (C=O) groups is 2. The van der Waals surface area contributed by atoms with E-state index in [2.05, 4.69) is 5.32 Å². The predicted octanol–water partition coefficient (Wildman–Crippen LogP) is 2.27. The Morgan fingerprint density at radius 2 is 1.78 bits per heavy atom. The summed E-state index contributed by atoms with van der Waals surface area (Å²) in [6.45, 7) is 7.55. The van der Waals surface area contributed by atoms with Crippen molar-refractivity contribution in [2.45, 2.75) is 39.3 Å². The molecule has 0 saturated heterocycles. The number of hydrogen-bond acceptors (Lipinski definition) is 2. The molecule has 1 unspecified atom stereocenters. The van der Waals surface area contributed by atoms with E-state index in [1.54, 1.807) is 30.0 Å². The summed E-state index contributed by atoms with van der Waals surface area (Å²) in [6, 6.07) is 6.63. The molecule has 0 aromatic heterocycles. The van der Waals surface area contributed by atoms with E-state index < -0.39 is 11.6 Å². The summed E-state index contributed by atoms with van der Waals surface area (Å²) >= 11 is 0. The molecular formula is C14H18N2O2. The van der Waals surface area contributed by atoms with Gasteiger partial charge in [-0.15, -0.1) is 0 Å². The van der Waals surface area contributed by atoms with Gasteiger partial charge in [0, 0.05) is 5.54 Å². The molecule has 0 fully saturated rings. The van der Waals surface area contributed by atoms with Crippen molar-refractivity contribution in [3.63, 3.8) is 0 Å². The Labute approximate surface area is 107 Å². The molecule has 2 amide bonds. The molecule has 1 aliphatic heterocycles. The van der Waals surface area contributed by atoms with Crippen molar-refractivity contribution in [3.05, 3.63) is 29.8 Å². The van der Waals surface area contributed by atoms with E-state index in [1.807, 2.05) is 26.8 Å². The molecule has 0 radical (unpaired) electrons. The molecule has 1 N–H and O–H groups in total. The van der Waals surface area contributed by atoms with Gasteiger partial charge in [-0.1, -0.05) is 12.1 Å². The van der Waals surface area contributed by atoms with Gasteiger partial charge in [0.25, 0.3) is 5.91 Å². The van der Waals surface area contributed by atoms with Gasteiger partial charge >= 0.3 is 0 Å². The molecule has 0 bridgehead atoms. The van der Waals surface area contributed by atoms with E-state index in [0.717, 1.165) is 0 Å². The van der Waals surface area contributed by atoms with Crippen LogP contribution in [0, 0.1) is 0 Å². The zero-order chi connectivity index (χ0) is 13.5. The summed E-state index contributed by atoms with van der Waals surface area (Å²) in [5.74, 6) is -0.257. The lowest BCUT2D eigenvalue weighted by molar-refractivity contribution is -0.121. The third-order valence-corrected chi connectivity index (χ3v) is 3.12. The van der Waals surface area contributed by atoms with Crippen LogP contribution in [-0.4, -0.2) is 28.3 Å². The first-order valence-electron chi connectivity index (χ1n) is 6.06. The van der Waals surface area contributed by atoms with E-state index in [9.17, 15) is 9.59 Å². The highest BCUT2D eigenvalue weighted by Gasteiger charge is 2.38. The lowest BCUT2D eigenvalue weighted by Crippen LogP contribution is -2.53. The maximum Gasteiger partial charge on any atom is 0.257 e. The fraction of sp³-hybridized carbons (Fsp3) is 0.429. The number of hydrogen-bond donors (Lipinski definition) is 1. The van der Waals surface area contributed by atoms with Crippen molar-refractivity contribution < 1.29 is 9.59 Å². The number of nitrogens with zero attached hydrogens (tertiary/aromatic N) is 1. The maximum absolute atomic E-state index is 12.6. The van der Waals surface area contributed by atoms with Crippen LogP contribution in [0.15, 0.2) is 24.3 Å². The Bertz CT molecular complexity index is 503. The van der Waals surface area contributed by atoms with E-state index in [0.29, 0.717) is 11.3 Å². The molecule has 18 heavy (non-hydrogen) atoms. The Hall–Kier alpha value is -1.84. The lowest BCUT2D eigenvalue weighted by Gasteiger charge is -2.38. The van der Waals surface area contributed by atoms with Crippen LogP contribution in [-0.2, 0) is 4.79 Å². The average Bonchev–Trinajstić information content (AvgIpc) is 2.35. The molecule has 0 spiro atoms. The van der Waals surface area contributed by atoms with E-state index in [-0.39, 0.29) is 11.8 Å². The molecule has 4 nitrogen and oxygen atoms in total. The molecule has 1 aliphatic rings. The number of anilines is 1. The zero-order valence-corrected chi connectivity index (χ0v) is 11.2. The maximum atomic E-state index is 12.6. The van der Waals surface area contributed by atoms with Gasteiger partial charge in [-0.25, -0.2) is 0 Å². The minimum Gasteiger partial charge on any atom is -0.324 e. The minimum absolute atomic E-state index is 0.107. The minimum atomic E-state index is -0.482. The Kier molecular flexibility index (Phi) is 2.89.